The molecule has 5 N–H and O–H groups in total. The maximum Gasteiger partial charge on any atom is 0.305 e. The standard InChI is InChI=1S/C27H42O7/c28-17-21(18-29)19-34-27(33)11-7-2-1-6-10-23-24(26(32)16-25(23)31)15-14-22(30)13-12-20-8-4-3-5-9-20/h1,3-6,8-9,21-26,28-32H,2,7,10-19H2/b6-1-/t22-,23+,24+,25-,26+/m0/s1. The van der Waals surface area contributed by atoms with E-state index < -0.39 is 24.2 Å². The fourth-order valence-electron chi connectivity index (χ4n) is 4.59. The van der Waals surface area contributed by atoms with E-state index in [1.807, 2.05) is 30.4 Å². The third-order valence-electron chi connectivity index (χ3n) is 6.79. The molecule has 1 aromatic rings. The Bertz CT molecular complexity index is 704. The SMILES string of the molecule is O=C(CCC/C=C\C[C@@H]1[C@@H](CC[C@@H](O)CCc2ccccc2)[C@H](O)C[C@@H]1O)OCC(CO)CO. The van der Waals surface area contributed by atoms with Crippen LogP contribution in [0.15, 0.2) is 42.5 Å². The smallest absolute Gasteiger partial charge is 0.305 e. The molecular weight excluding hydrogens is 436 g/mol. The van der Waals surface area contributed by atoms with Gasteiger partial charge in [-0.05, 0) is 68.8 Å². The van der Waals surface area contributed by atoms with Crippen LogP contribution in [0.1, 0.15) is 56.9 Å². The Kier molecular flexibility index (Phi) is 13.4. The molecule has 192 valence electrons. The lowest BCUT2D eigenvalue weighted by molar-refractivity contribution is -0.145. The minimum absolute atomic E-state index is 0.0198. The van der Waals surface area contributed by atoms with Crippen molar-refractivity contribution in [3.63, 3.8) is 0 Å². The molecule has 1 aromatic carbocycles. The average Bonchev–Trinajstić information content (AvgIpc) is 3.11. The molecule has 1 fully saturated rings. The Balaban J connectivity index is 1.66. The first kappa shape index (κ1) is 28.5. The van der Waals surface area contributed by atoms with Crippen LogP contribution in [0.5, 0.6) is 0 Å². The molecule has 0 aromatic heterocycles. The van der Waals surface area contributed by atoms with Crippen molar-refractivity contribution in [1.82, 2.24) is 0 Å². The lowest BCUT2D eigenvalue weighted by Crippen LogP contribution is -2.23. The molecule has 0 aliphatic heterocycles. The summed E-state index contributed by atoms with van der Waals surface area (Å²) >= 11 is 0. The quantitative estimate of drug-likeness (QED) is 0.140. The van der Waals surface area contributed by atoms with Crippen molar-refractivity contribution >= 4 is 5.97 Å². The van der Waals surface area contributed by atoms with E-state index in [1.54, 1.807) is 0 Å². The Labute approximate surface area is 203 Å². The number of rotatable bonds is 16. The zero-order valence-electron chi connectivity index (χ0n) is 20.0. The van der Waals surface area contributed by atoms with Gasteiger partial charge in [0.2, 0.25) is 0 Å². The molecule has 5 atom stereocenters. The van der Waals surface area contributed by atoms with Crippen LogP contribution in [0.2, 0.25) is 0 Å². The normalized spacial score (nSPS) is 23.6. The number of unbranched alkanes of at least 4 members (excludes halogenated alkanes) is 1. The first-order valence-corrected chi connectivity index (χ1v) is 12.5. The van der Waals surface area contributed by atoms with Crippen molar-refractivity contribution in [1.29, 1.82) is 0 Å². The van der Waals surface area contributed by atoms with Gasteiger partial charge in [-0.3, -0.25) is 4.79 Å². The van der Waals surface area contributed by atoms with Gasteiger partial charge in [-0.25, -0.2) is 0 Å². The molecule has 7 nitrogen and oxygen atoms in total. The van der Waals surface area contributed by atoms with E-state index in [2.05, 4.69) is 12.1 Å². The van der Waals surface area contributed by atoms with Gasteiger partial charge in [-0.2, -0.15) is 0 Å². The third kappa shape index (κ3) is 10.2. The van der Waals surface area contributed by atoms with Crippen molar-refractivity contribution in [2.75, 3.05) is 19.8 Å². The maximum absolute atomic E-state index is 11.7. The zero-order chi connectivity index (χ0) is 24.8. The van der Waals surface area contributed by atoms with Crippen LogP contribution in [0.4, 0.5) is 0 Å². The monoisotopic (exact) mass is 478 g/mol. The number of allylic oxidation sites excluding steroid dienone is 2. The number of carbonyl (C=O) groups is 1. The Morgan fingerprint density at radius 3 is 2.44 bits per heavy atom. The molecular formula is C27H42O7. The molecule has 0 radical (unpaired) electrons. The summed E-state index contributed by atoms with van der Waals surface area (Å²) in [6.45, 7) is -0.421. The summed E-state index contributed by atoms with van der Waals surface area (Å²) in [7, 11) is 0. The van der Waals surface area contributed by atoms with Crippen LogP contribution < -0.4 is 0 Å². The fourth-order valence-corrected chi connectivity index (χ4v) is 4.59. The van der Waals surface area contributed by atoms with Crippen LogP contribution in [0.3, 0.4) is 0 Å². The average molecular weight is 479 g/mol. The summed E-state index contributed by atoms with van der Waals surface area (Å²) < 4.78 is 5.04. The number of esters is 1. The Morgan fingerprint density at radius 1 is 1.03 bits per heavy atom. The number of aliphatic hydroxyl groups excluding tert-OH is 5. The van der Waals surface area contributed by atoms with Gasteiger partial charge in [-0.15, -0.1) is 0 Å². The molecule has 1 aliphatic rings. The number of hydrogen-bond donors (Lipinski definition) is 5. The first-order valence-electron chi connectivity index (χ1n) is 12.5. The number of carbonyl (C=O) groups excluding carboxylic acids is 1. The molecule has 2 rings (SSSR count). The predicted octanol–water partition coefficient (Wildman–Crippen LogP) is 2.38. The lowest BCUT2D eigenvalue weighted by Gasteiger charge is -2.23. The number of aryl methyl sites for hydroxylation is 1. The lowest BCUT2D eigenvalue weighted by atomic mass is 9.85. The van der Waals surface area contributed by atoms with Gasteiger partial charge in [0.25, 0.3) is 0 Å². The molecule has 0 saturated heterocycles. The van der Waals surface area contributed by atoms with Crippen LogP contribution in [0.25, 0.3) is 0 Å². The third-order valence-corrected chi connectivity index (χ3v) is 6.79. The second-order valence-corrected chi connectivity index (χ2v) is 9.47. The van der Waals surface area contributed by atoms with E-state index >= 15 is 0 Å². The van der Waals surface area contributed by atoms with Gasteiger partial charge in [0.1, 0.15) is 0 Å². The number of ether oxygens (including phenoxy) is 1. The minimum Gasteiger partial charge on any atom is -0.465 e. The van der Waals surface area contributed by atoms with Crippen LogP contribution in [-0.2, 0) is 16.0 Å². The molecule has 0 unspecified atom stereocenters. The molecule has 0 heterocycles. The first-order chi connectivity index (χ1) is 16.4. The Morgan fingerprint density at radius 2 is 1.74 bits per heavy atom. The summed E-state index contributed by atoms with van der Waals surface area (Å²) in [6.07, 6.45) is 7.89. The second-order valence-electron chi connectivity index (χ2n) is 9.47. The molecule has 7 heteroatoms. The van der Waals surface area contributed by atoms with E-state index in [0.29, 0.717) is 44.9 Å². The van der Waals surface area contributed by atoms with Gasteiger partial charge in [0, 0.05) is 12.3 Å². The topological polar surface area (TPSA) is 127 Å². The van der Waals surface area contributed by atoms with E-state index in [0.717, 1.165) is 6.42 Å². The van der Waals surface area contributed by atoms with Crippen molar-refractivity contribution in [2.45, 2.75) is 76.1 Å². The fraction of sp³-hybridized carbons (Fsp3) is 0.667. The highest BCUT2D eigenvalue weighted by Crippen LogP contribution is 2.38. The summed E-state index contributed by atoms with van der Waals surface area (Å²) in [4.78, 5) is 11.7. The van der Waals surface area contributed by atoms with E-state index in [9.17, 15) is 20.1 Å². The highest BCUT2D eigenvalue weighted by Gasteiger charge is 2.40. The highest BCUT2D eigenvalue weighted by molar-refractivity contribution is 5.69. The molecule has 0 bridgehead atoms. The zero-order valence-corrected chi connectivity index (χ0v) is 20.0. The summed E-state index contributed by atoms with van der Waals surface area (Å²) in [5.74, 6) is -0.853. The Hall–Kier alpha value is -1.77. The van der Waals surface area contributed by atoms with Gasteiger partial charge < -0.3 is 30.3 Å². The number of benzene rings is 1. The van der Waals surface area contributed by atoms with Crippen molar-refractivity contribution in [2.24, 2.45) is 17.8 Å². The van der Waals surface area contributed by atoms with E-state index in [-0.39, 0.29) is 44.0 Å². The number of aliphatic hydroxyl groups is 5. The summed E-state index contributed by atoms with van der Waals surface area (Å²) in [5, 5.41) is 49.2. The molecule has 0 spiro atoms. The van der Waals surface area contributed by atoms with Crippen LogP contribution >= 0.6 is 0 Å². The predicted molar refractivity (Wildman–Crippen MR) is 130 cm³/mol. The summed E-state index contributed by atoms with van der Waals surface area (Å²) in [5.41, 5.74) is 1.20. The minimum atomic E-state index is -0.550. The molecule has 0 amide bonds. The van der Waals surface area contributed by atoms with Crippen molar-refractivity contribution in [3.05, 3.63) is 48.0 Å². The van der Waals surface area contributed by atoms with Gasteiger partial charge in [-0.1, -0.05) is 42.5 Å². The second kappa shape index (κ2) is 16.0. The maximum atomic E-state index is 11.7. The molecule has 1 aliphatic carbocycles. The van der Waals surface area contributed by atoms with Crippen molar-refractivity contribution < 1.29 is 35.1 Å². The van der Waals surface area contributed by atoms with Crippen LogP contribution in [-0.4, -0.2) is 69.6 Å². The van der Waals surface area contributed by atoms with Crippen LogP contribution in [0, 0.1) is 17.8 Å². The summed E-state index contributed by atoms with van der Waals surface area (Å²) in [6, 6.07) is 10.1. The number of hydrogen-bond acceptors (Lipinski definition) is 7. The van der Waals surface area contributed by atoms with E-state index in [1.165, 1.54) is 5.56 Å². The van der Waals surface area contributed by atoms with Gasteiger partial charge >= 0.3 is 5.97 Å². The molecule has 1 saturated carbocycles. The van der Waals surface area contributed by atoms with Gasteiger partial charge in [0.15, 0.2) is 0 Å². The van der Waals surface area contributed by atoms with Gasteiger partial charge in [0.05, 0.1) is 38.1 Å². The van der Waals surface area contributed by atoms with Crippen molar-refractivity contribution in [3.8, 4) is 0 Å². The van der Waals surface area contributed by atoms with E-state index in [4.69, 9.17) is 14.9 Å². The molecule has 34 heavy (non-hydrogen) atoms. The highest BCUT2D eigenvalue weighted by atomic mass is 16.5. The largest absolute Gasteiger partial charge is 0.465 e.